The molecular weight excluding hydrogens is 623 g/mol. The van der Waals surface area contributed by atoms with Gasteiger partial charge in [-0.1, -0.05) is 78.5 Å². The Labute approximate surface area is 282 Å². The molecule has 1 aromatic carbocycles. The van der Waals surface area contributed by atoms with Crippen LogP contribution in [0.3, 0.4) is 0 Å². The van der Waals surface area contributed by atoms with Crippen LogP contribution in [0.25, 0.3) is 28.2 Å². The molecule has 0 N–H and O–H groups in total. The van der Waals surface area contributed by atoms with E-state index >= 15 is 0 Å². The summed E-state index contributed by atoms with van der Waals surface area (Å²) in [6.45, 7) is 25.6. The lowest BCUT2D eigenvalue weighted by molar-refractivity contribution is 0.0883. The monoisotopic (exact) mass is 675 g/mol. The maximum atomic E-state index is 13.8. The van der Waals surface area contributed by atoms with E-state index in [1.807, 2.05) is 45.2 Å². The van der Waals surface area contributed by atoms with Gasteiger partial charge in [0.25, 0.3) is 0 Å². The second kappa shape index (κ2) is 13.7. The van der Waals surface area contributed by atoms with Crippen LogP contribution < -0.4 is 4.90 Å². The number of fused-ring (bicyclic) bond motifs is 1. The van der Waals surface area contributed by atoms with Crippen molar-refractivity contribution in [1.29, 1.82) is 0 Å². The number of nitrogens with zero attached hydrogens (tertiary/aromatic N) is 7. The second-order valence-corrected chi connectivity index (χ2v) is 26.2. The van der Waals surface area contributed by atoms with Crippen LogP contribution in [0.15, 0.2) is 55.1 Å². The van der Waals surface area contributed by atoms with Crippen molar-refractivity contribution in [1.82, 2.24) is 29.0 Å². The molecule has 10 nitrogen and oxygen atoms in total. The molecule has 1 saturated heterocycles. The first-order valence-corrected chi connectivity index (χ1v) is 23.4. The Balaban J connectivity index is 1.33. The predicted molar refractivity (Wildman–Crippen MR) is 195 cm³/mol. The molecule has 1 atom stereocenters. The van der Waals surface area contributed by atoms with E-state index in [0.29, 0.717) is 37.9 Å². The number of aromatic nitrogens is 5. The molecule has 0 bridgehead atoms. The molecule has 47 heavy (non-hydrogen) atoms. The molecule has 2 amide bonds. The first-order chi connectivity index (χ1) is 22.1. The quantitative estimate of drug-likeness (QED) is 0.106. The van der Waals surface area contributed by atoms with Gasteiger partial charge in [-0.2, -0.15) is 5.10 Å². The Hall–Kier alpha value is -3.33. The van der Waals surface area contributed by atoms with Crippen LogP contribution >= 0.6 is 0 Å². The molecule has 0 radical (unpaired) electrons. The number of anilines is 1. The topological polar surface area (TPSA) is 90.0 Å². The zero-order valence-electron chi connectivity index (χ0n) is 29.9. The van der Waals surface area contributed by atoms with E-state index < -0.39 is 16.4 Å². The Kier molecular flexibility index (Phi) is 10.2. The van der Waals surface area contributed by atoms with E-state index in [0.717, 1.165) is 35.2 Å². The van der Waals surface area contributed by atoms with Crippen molar-refractivity contribution < 1.29 is 14.0 Å². The molecule has 0 saturated carbocycles. The van der Waals surface area contributed by atoms with Crippen LogP contribution in [-0.2, 0) is 15.9 Å². The zero-order valence-corrected chi connectivity index (χ0v) is 31.9. The van der Waals surface area contributed by atoms with Gasteiger partial charge in [-0.25, -0.2) is 19.3 Å². The van der Waals surface area contributed by atoms with Crippen LogP contribution in [0.4, 0.5) is 10.6 Å². The van der Waals surface area contributed by atoms with Crippen molar-refractivity contribution in [2.45, 2.75) is 91.2 Å². The van der Waals surface area contributed by atoms with E-state index in [1.54, 1.807) is 4.52 Å². The summed E-state index contributed by atoms with van der Waals surface area (Å²) in [5, 5.41) is 4.70. The lowest BCUT2D eigenvalue weighted by Crippen LogP contribution is -2.43. The van der Waals surface area contributed by atoms with Crippen molar-refractivity contribution >= 4 is 33.9 Å². The number of carbonyl (C=O) groups excluding carboxylic acids is 1. The fraction of sp³-hybridized carbons (Fsp3) is 0.543. The van der Waals surface area contributed by atoms with Crippen molar-refractivity contribution in [3.8, 4) is 22.5 Å². The average Bonchev–Trinajstić information content (AvgIpc) is 3.71. The summed E-state index contributed by atoms with van der Waals surface area (Å²) in [5.41, 5.74) is 3.62. The summed E-state index contributed by atoms with van der Waals surface area (Å²) in [6.07, 6.45) is 7.50. The van der Waals surface area contributed by atoms with Gasteiger partial charge in [0.15, 0.2) is 14.0 Å². The highest BCUT2D eigenvalue weighted by atomic mass is 28.4. The minimum absolute atomic E-state index is 0.0132. The standard InChI is InChI=1S/C35H53N7O3Si2/c1-26(2)30-24-39(19-20-45-47(9,10)35(3,4)5)34(43)42(30)31-15-17-41-33(38-31)29(23-37-41)27-11-13-28(14-12-27)32-36-16-18-40(32)25-44-21-22-46(6,7)8/h11-18,23,26,30H,19-22,24-25H2,1-10H3/t30-/m1/s1. The minimum Gasteiger partial charge on any atom is -0.415 e. The second-order valence-electron chi connectivity index (χ2n) is 15.8. The largest absolute Gasteiger partial charge is 0.415 e. The highest BCUT2D eigenvalue weighted by Crippen LogP contribution is 2.37. The van der Waals surface area contributed by atoms with Crippen LogP contribution in [0.1, 0.15) is 34.6 Å². The number of ether oxygens (including phenoxy) is 1. The highest BCUT2D eigenvalue weighted by Gasteiger charge is 2.41. The van der Waals surface area contributed by atoms with Crippen LogP contribution in [0.2, 0.25) is 43.8 Å². The Bertz CT molecular complexity index is 1670. The van der Waals surface area contributed by atoms with Gasteiger partial charge in [0.05, 0.1) is 18.8 Å². The number of carbonyl (C=O) groups is 1. The molecule has 0 spiro atoms. The van der Waals surface area contributed by atoms with Crippen molar-refractivity contribution in [3.05, 3.63) is 55.1 Å². The molecule has 4 aromatic rings. The molecule has 5 rings (SSSR count). The Morgan fingerprint density at radius 3 is 2.34 bits per heavy atom. The fourth-order valence-corrected chi connectivity index (χ4v) is 7.27. The van der Waals surface area contributed by atoms with Gasteiger partial charge < -0.3 is 18.6 Å². The molecule has 0 aliphatic carbocycles. The molecule has 1 aliphatic heterocycles. The summed E-state index contributed by atoms with van der Waals surface area (Å²) in [4.78, 5) is 27.3. The summed E-state index contributed by atoms with van der Waals surface area (Å²) in [6, 6.07) is 11.3. The van der Waals surface area contributed by atoms with Crippen LogP contribution in [0.5, 0.6) is 0 Å². The normalized spacial score (nSPS) is 16.3. The SMILES string of the molecule is CC(C)[C@H]1CN(CCO[Si](C)(C)C(C)(C)C)C(=O)N1c1ccn2ncc(-c3ccc(-c4nccn4COCC[Si](C)(C)C)cc3)c2n1. The Morgan fingerprint density at radius 1 is 0.979 bits per heavy atom. The molecule has 3 aromatic heterocycles. The lowest BCUT2D eigenvalue weighted by Gasteiger charge is -2.36. The number of hydrogen-bond donors (Lipinski definition) is 0. The lowest BCUT2D eigenvalue weighted by atomic mass is 10.0. The van der Waals surface area contributed by atoms with Gasteiger partial charge in [-0.3, -0.25) is 4.90 Å². The van der Waals surface area contributed by atoms with E-state index in [4.69, 9.17) is 14.1 Å². The predicted octanol–water partition coefficient (Wildman–Crippen LogP) is 7.86. The third-order valence-electron chi connectivity index (χ3n) is 9.61. The van der Waals surface area contributed by atoms with Gasteiger partial charge in [0, 0.05) is 57.5 Å². The molecule has 4 heterocycles. The van der Waals surface area contributed by atoms with Gasteiger partial charge in [-0.15, -0.1) is 0 Å². The highest BCUT2D eigenvalue weighted by molar-refractivity contribution is 6.76. The Morgan fingerprint density at radius 2 is 1.68 bits per heavy atom. The molecule has 1 fully saturated rings. The van der Waals surface area contributed by atoms with Crippen molar-refractivity contribution in [2.24, 2.45) is 5.92 Å². The molecular formula is C35H53N7O3Si2. The van der Waals surface area contributed by atoms with Gasteiger partial charge in [0.1, 0.15) is 18.4 Å². The minimum atomic E-state index is -1.90. The first-order valence-electron chi connectivity index (χ1n) is 16.8. The summed E-state index contributed by atoms with van der Waals surface area (Å²) in [5.74, 6) is 1.78. The van der Waals surface area contributed by atoms with Crippen molar-refractivity contribution in [2.75, 3.05) is 31.2 Å². The molecule has 1 aliphatic rings. The number of urea groups is 1. The number of hydrogen-bond acceptors (Lipinski definition) is 6. The number of rotatable bonds is 13. The van der Waals surface area contributed by atoms with Crippen molar-refractivity contribution in [3.63, 3.8) is 0 Å². The maximum absolute atomic E-state index is 13.8. The number of imidazole rings is 1. The van der Waals surface area contributed by atoms with Crippen LogP contribution in [0, 0.1) is 5.92 Å². The molecule has 0 unspecified atom stereocenters. The summed E-state index contributed by atoms with van der Waals surface area (Å²) >= 11 is 0. The molecule has 254 valence electrons. The number of benzene rings is 1. The summed E-state index contributed by atoms with van der Waals surface area (Å²) in [7, 11) is -3.04. The van der Waals surface area contributed by atoms with E-state index in [1.165, 1.54) is 0 Å². The third-order valence-corrected chi connectivity index (χ3v) is 15.9. The third kappa shape index (κ3) is 7.88. The van der Waals surface area contributed by atoms with Crippen LogP contribution in [-0.4, -0.2) is 83.8 Å². The molecule has 12 heteroatoms. The van der Waals surface area contributed by atoms with E-state index in [2.05, 4.69) is 102 Å². The maximum Gasteiger partial charge on any atom is 0.326 e. The van der Waals surface area contributed by atoms with E-state index in [9.17, 15) is 4.79 Å². The van der Waals surface area contributed by atoms with Gasteiger partial charge in [-0.05, 0) is 41.7 Å². The fourth-order valence-electron chi connectivity index (χ4n) is 5.48. The zero-order chi connectivity index (χ0) is 34.1. The van der Waals surface area contributed by atoms with E-state index in [-0.39, 0.29) is 23.0 Å². The number of amides is 2. The summed E-state index contributed by atoms with van der Waals surface area (Å²) < 4.78 is 16.2. The van der Waals surface area contributed by atoms with Gasteiger partial charge in [0.2, 0.25) is 0 Å². The average molecular weight is 676 g/mol. The smallest absolute Gasteiger partial charge is 0.326 e. The van der Waals surface area contributed by atoms with Gasteiger partial charge >= 0.3 is 6.03 Å². The first kappa shape index (κ1) is 35.0.